The second-order valence-electron chi connectivity index (χ2n) is 5.43. The second-order valence-corrected chi connectivity index (χ2v) is 8.39. The first-order valence-electron chi connectivity index (χ1n) is 7.77. The van der Waals surface area contributed by atoms with Gasteiger partial charge in [0.15, 0.2) is 17.5 Å². The van der Waals surface area contributed by atoms with E-state index in [0.29, 0.717) is 19.0 Å². The molecule has 0 amide bonds. The van der Waals surface area contributed by atoms with Gasteiger partial charge in [0.2, 0.25) is 10.0 Å². The van der Waals surface area contributed by atoms with E-state index in [1.54, 1.807) is 31.3 Å². The van der Waals surface area contributed by atoms with E-state index in [4.69, 9.17) is 9.88 Å². The molecular weight excluding hydrogens is 506 g/mol. The number of halogens is 2. The summed E-state index contributed by atoms with van der Waals surface area (Å²) in [5.41, 5.74) is 0. The van der Waals surface area contributed by atoms with E-state index < -0.39 is 15.8 Å². The van der Waals surface area contributed by atoms with Crippen LogP contribution in [0.25, 0.3) is 0 Å². The number of nitrogens with zero attached hydrogens (tertiary/aromatic N) is 1. The number of ether oxygens (including phenoxy) is 1. The van der Waals surface area contributed by atoms with Crippen LogP contribution in [0.2, 0.25) is 0 Å². The average Bonchev–Trinajstić information content (AvgIpc) is 3.06. The minimum atomic E-state index is -3.68. The quantitative estimate of drug-likeness (QED) is 0.291. The molecule has 1 atom stereocenters. The predicted molar refractivity (Wildman–Crippen MR) is 116 cm³/mol. The Hall–Kier alpha value is -1.44. The molecule has 0 bridgehead atoms. The first-order valence-corrected chi connectivity index (χ1v) is 10.1. The fraction of sp³-hybridized carbons (Fsp3) is 0.312. The molecule has 2 aromatic rings. The summed E-state index contributed by atoms with van der Waals surface area (Å²) in [5.74, 6) is 0.295. The number of thiophene rings is 1. The van der Waals surface area contributed by atoms with Crippen molar-refractivity contribution >= 4 is 51.3 Å². The number of benzene rings is 1. The molecule has 0 fully saturated rings. The van der Waals surface area contributed by atoms with Crippen LogP contribution in [0.1, 0.15) is 11.8 Å². The third-order valence-corrected chi connectivity index (χ3v) is 5.82. The summed E-state index contributed by atoms with van der Waals surface area (Å²) >= 11 is 1.10. The Balaban J connectivity index is 0.00000364. The normalized spacial score (nSPS) is 12.8. The highest BCUT2D eigenvalue weighted by molar-refractivity contribution is 14.0. The molecule has 1 aromatic carbocycles. The molecule has 2 rings (SSSR count). The van der Waals surface area contributed by atoms with Gasteiger partial charge >= 0.3 is 0 Å². The van der Waals surface area contributed by atoms with E-state index in [0.717, 1.165) is 16.2 Å². The maximum absolute atomic E-state index is 13.6. The number of guanidine groups is 1. The van der Waals surface area contributed by atoms with Gasteiger partial charge in [0.25, 0.3) is 0 Å². The molecular formula is C16H22FIN4O3S2. The summed E-state index contributed by atoms with van der Waals surface area (Å²) in [7, 11) is -2.07. The van der Waals surface area contributed by atoms with Gasteiger partial charge in [-0.3, -0.25) is 4.99 Å². The number of nitrogens with one attached hydrogen (secondary N) is 2. The largest absolute Gasteiger partial charge is 0.486 e. The zero-order chi connectivity index (χ0) is 19.2. The monoisotopic (exact) mass is 528 g/mol. The van der Waals surface area contributed by atoms with Crippen LogP contribution in [0, 0.1) is 5.82 Å². The zero-order valence-corrected chi connectivity index (χ0v) is 18.8. The van der Waals surface area contributed by atoms with Crippen molar-refractivity contribution < 1.29 is 17.5 Å². The molecule has 0 aliphatic heterocycles. The lowest BCUT2D eigenvalue weighted by Crippen LogP contribution is -2.41. The molecule has 0 saturated heterocycles. The lowest BCUT2D eigenvalue weighted by molar-refractivity contribution is 0.214. The summed E-state index contributed by atoms with van der Waals surface area (Å²) in [5, 5.41) is 11.2. The van der Waals surface area contributed by atoms with Gasteiger partial charge in [0.05, 0.1) is 13.1 Å². The Bertz CT molecular complexity index is 874. The van der Waals surface area contributed by atoms with Crippen LogP contribution in [0.3, 0.4) is 0 Å². The summed E-state index contributed by atoms with van der Waals surface area (Å²) in [6, 6.07) is 9.37. The van der Waals surface area contributed by atoms with E-state index in [1.807, 2.05) is 6.92 Å². The third kappa shape index (κ3) is 7.60. The van der Waals surface area contributed by atoms with E-state index in [-0.39, 0.29) is 40.0 Å². The standard InChI is InChI=1S/C16H21FN4O3S2.HI/c1-11(24-14-6-4-3-5-13(14)17)9-20-16(19-2)21-10-12-7-8-15(25-12)26(18,22)23;/h3-8,11H,9-10H2,1-2H3,(H2,18,22,23)(H2,19,20,21);1H. The molecule has 0 aliphatic carbocycles. The minimum absolute atomic E-state index is 0. The Morgan fingerprint density at radius 3 is 2.59 bits per heavy atom. The van der Waals surface area contributed by atoms with Crippen molar-refractivity contribution in [2.45, 2.75) is 23.8 Å². The zero-order valence-electron chi connectivity index (χ0n) is 14.8. The molecule has 0 saturated carbocycles. The lowest BCUT2D eigenvalue weighted by atomic mass is 10.3. The van der Waals surface area contributed by atoms with Crippen molar-refractivity contribution in [2.24, 2.45) is 10.1 Å². The summed E-state index contributed by atoms with van der Waals surface area (Å²) in [6.45, 7) is 2.60. The van der Waals surface area contributed by atoms with Gasteiger partial charge < -0.3 is 15.4 Å². The smallest absolute Gasteiger partial charge is 0.247 e. The molecule has 0 spiro atoms. The van der Waals surface area contributed by atoms with Crippen molar-refractivity contribution in [3.05, 3.63) is 47.1 Å². The third-order valence-electron chi connectivity index (χ3n) is 3.29. The van der Waals surface area contributed by atoms with E-state index in [1.165, 1.54) is 12.1 Å². The number of aliphatic imine (C=N–C) groups is 1. The van der Waals surface area contributed by atoms with Gasteiger partial charge in [-0.05, 0) is 31.2 Å². The number of hydrogen-bond donors (Lipinski definition) is 3. The Labute approximate surface area is 179 Å². The minimum Gasteiger partial charge on any atom is -0.486 e. The predicted octanol–water partition coefficient (Wildman–Crippen LogP) is 2.29. The molecule has 7 nitrogen and oxygen atoms in total. The molecule has 150 valence electrons. The first-order chi connectivity index (χ1) is 12.3. The van der Waals surface area contributed by atoms with Crippen LogP contribution in [-0.2, 0) is 16.6 Å². The molecule has 0 aliphatic rings. The SMILES string of the molecule is CN=C(NCc1ccc(S(N)(=O)=O)s1)NCC(C)Oc1ccccc1F.I. The van der Waals surface area contributed by atoms with Crippen LogP contribution in [0.15, 0.2) is 45.6 Å². The molecule has 0 radical (unpaired) electrons. The maximum Gasteiger partial charge on any atom is 0.247 e. The summed E-state index contributed by atoms with van der Waals surface area (Å²) < 4.78 is 41.8. The molecule has 1 unspecified atom stereocenters. The van der Waals surface area contributed by atoms with Crippen LogP contribution < -0.4 is 20.5 Å². The van der Waals surface area contributed by atoms with E-state index in [9.17, 15) is 12.8 Å². The number of hydrogen-bond acceptors (Lipinski definition) is 5. The second kappa shape index (κ2) is 10.8. The van der Waals surface area contributed by atoms with Gasteiger partial charge in [-0.1, -0.05) is 12.1 Å². The Morgan fingerprint density at radius 1 is 1.30 bits per heavy atom. The highest BCUT2D eigenvalue weighted by Crippen LogP contribution is 2.20. The summed E-state index contributed by atoms with van der Waals surface area (Å²) in [4.78, 5) is 4.88. The van der Waals surface area contributed by atoms with Crippen molar-refractivity contribution in [1.29, 1.82) is 0 Å². The fourth-order valence-corrected chi connectivity index (χ4v) is 3.76. The fourth-order valence-electron chi connectivity index (χ4n) is 2.04. The molecule has 27 heavy (non-hydrogen) atoms. The molecule has 1 aromatic heterocycles. The van der Waals surface area contributed by atoms with Crippen molar-refractivity contribution in [2.75, 3.05) is 13.6 Å². The highest BCUT2D eigenvalue weighted by atomic mass is 127. The number of nitrogens with two attached hydrogens (primary N) is 1. The number of para-hydroxylation sites is 1. The maximum atomic E-state index is 13.6. The van der Waals surface area contributed by atoms with Crippen LogP contribution >= 0.6 is 35.3 Å². The van der Waals surface area contributed by atoms with Crippen molar-refractivity contribution in [1.82, 2.24) is 10.6 Å². The topological polar surface area (TPSA) is 106 Å². The van der Waals surface area contributed by atoms with Crippen LogP contribution in [0.5, 0.6) is 5.75 Å². The van der Waals surface area contributed by atoms with Gasteiger partial charge in [0, 0.05) is 11.9 Å². The van der Waals surface area contributed by atoms with Crippen LogP contribution in [-0.4, -0.2) is 34.1 Å². The van der Waals surface area contributed by atoms with Gasteiger partial charge in [-0.2, -0.15) is 0 Å². The van der Waals surface area contributed by atoms with Gasteiger partial charge in [0.1, 0.15) is 10.3 Å². The molecule has 11 heteroatoms. The number of rotatable bonds is 7. The van der Waals surface area contributed by atoms with Gasteiger partial charge in [-0.25, -0.2) is 17.9 Å². The van der Waals surface area contributed by atoms with Crippen molar-refractivity contribution in [3.8, 4) is 5.75 Å². The van der Waals surface area contributed by atoms with Gasteiger partial charge in [-0.15, -0.1) is 35.3 Å². The molecule has 1 heterocycles. The highest BCUT2D eigenvalue weighted by Gasteiger charge is 2.12. The average molecular weight is 528 g/mol. The van der Waals surface area contributed by atoms with Crippen molar-refractivity contribution in [3.63, 3.8) is 0 Å². The Kier molecular flexibility index (Phi) is 9.42. The van der Waals surface area contributed by atoms with E-state index >= 15 is 0 Å². The number of primary sulfonamides is 1. The summed E-state index contributed by atoms with van der Waals surface area (Å²) in [6.07, 6.45) is -0.291. The van der Waals surface area contributed by atoms with E-state index in [2.05, 4.69) is 15.6 Å². The Morgan fingerprint density at radius 2 is 2.00 bits per heavy atom. The number of sulfonamides is 1. The first kappa shape index (κ1) is 23.6. The molecule has 4 N–H and O–H groups in total. The lowest BCUT2D eigenvalue weighted by Gasteiger charge is -2.17. The van der Waals surface area contributed by atoms with Crippen LogP contribution in [0.4, 0.5) is 4.39 Å².